The summed E-state index contributed by atoms with van der Waals surface area (Å²) in [7, 11) is 5.38. The van der Waals surface area contributed by atoms with Crippen LogP contribution in [-0.4, -0.2) is 31.2 Å². The van der Waals surface area contributed by atoms with Crippen LogP contribution in [0.1, 0.15) is 20.3 Å². The molecule has 1 rings (SSSR count). The maximum atomic E-state index is 11.3. The van der Waals surface area contributed by atoms with Crippen LogP contribution in [0.4, 0.5) is 0 Å². The van der Waals surface area contributed by atoms with Gasteiger partial charge in [0.25, 0.3) is 0 Å². The first-order chi connectivity index (χ1) is 5.16. The summed E-state index contributed by atoms with van der Waals surface area (Å²) in [5.74, 6) is 0.754. The Hall–Kier alpha value is -0.465. The third kappa shape index (κ3) is 1.58. The molecule has 0 aliphatic carbocycles. The number of likely N-dealkylation sites (tertiary alicyclic amines) is 1. The largest absolute Gasteiger partial charge is 0.340 e. The highest BCUT2D eigenvalue weighted by atomic mass is 16.2. The topological polar surface area (TPSA) is 20.3 Å². The van der Waals surface area contributed by atoms with E-state index in [-0.39, 0.29) is 5.91 Å². The van der Waals surface area contributed by atoms with Crippen LogP contribution in [0.3, 0.4) is 0 Å². The summed E-state index contributed by atoms with van der Waals surface area (Å²) in [6.45, 7) is 4.91. The van der Waals surface area contributed by atoms with Crippen molar-refractivity contribution in [3.05, 3.63) is 0 Å². The molecule has 1 aliphatic rings. The van der Waals surface area contributed by atoms with Crippen LogP contribution in [-0.2, 0) is 4.79 Å². The van der Waals surface area contributed by atoms with E-state index in [9.17, 15) is 4.79 Å². The molecular formula is C8H14BNO. The van der Waals surface area contributed by atoms with E-state index >= 15 is 0 Å². The molecule has 1 amide bonds. The molecule has 60 valence electrons. The lowest BCUT2D eigenvalue weighted by Crippen LogP contribution is -2.33. The predicted molar refractivity (Wildman–Crippen MR) is 45.5 cm³/mol. The third-order valence-corrected chi connectivity index (χ3v) is 2.50. The molecule has 2 radical (unpaired) electrons. The van der Waals surface area contributed by atoms with Gasteiger partial charge in [0.2, 0.25) is 5.91 Å². The van der Waals surface area contributed by atoms with E-state index in [0.29, 0.717) is 31.2 Å². The van der Waals surface area contributed by atoms with Gasteiger partial charge in [0, 0.05) is 19.0 Å². The second-order valence-electron chi connectivity index (χ2n) is 3.30. The van der Waals surface area contributed by atoms with E-state index in [2.05, 4.69) is 13.8 Å². The van der Waals surface area contributed by atoms with Crippen molar-refractivity contribution in [2.75, 3.05) is 6.54 Å². The molecule has 0 N–H and O–H groups in total. The molecule has 1 fully saturated rings. The van der Waals surface area contributed by atoms with Gasteiger partial charge in [0.15, 0.2) is 0 Å². The molecule has 2 unspecified atom stereocenters. The number of rotatable bonds is 2. The molecule has 11 heavy (non-hydrogen) atoms. The number of carbonyl (C=O) groups is 1. The van der Waals surface area contributed by atoms with Crippen molar-refractivity contribution in [3.63, 3.8) is 0 Å². The first-order valence-corrected chi connectivity index (χ1v) is 4.16. The minimum Gasteiger partial charge on any atom is -0.340 e. The van der Waals surface area contributed by atoms with Gasteiger partial charge in [0.05, 0.1) is 7.85 Å². The Labute approximate surface area is 69.4 Å². The first kappa shape index (κ1) is 8.63. The number of nitrogens with zero attached hydrogens (tertiary/aromatic N) is 1. The maximum Gasteiger partial charge on any atom is 0.223 e. The molecule has 1 saturated heterocycles. The number of carbonyl (C=O) groups excluding carboxylic acids is 1. The van der Waals surface area contributed by atoms with E-state index in [4.69, 9.17) is 7.85 Å². The fourth-order valence-electron chi connectivity index (χ4n) is 1.56. The quantitative estimate of drug-likeness (QED) is 0.535. The van der Waals surface area contributed by atoms with Gasteiger partial charge in [-0.05, 0) is 12.8 Å². The van der Waals surface area contributed by atoms with E-state index in [1.165, 1.54) is 0 Å². The Bertz CT molecular complexity index is 160. The minimum atomic E-state index is 0.260. The van der Waals surface area contributed by atoms with Gasteiger partial charge < -0.3 is 4.90 Å². The van der Waals surface area contributed by atoms with Crippen molar-refractivity contribution >= 4 is 13.8 Å². The van der Waals surface area contributed by atoms with Gasteiger partial charge in [-0.15, -0.1) is 0 Å². The van der Waals surface area contributed by atoms with Crippen LogP contribution in [0.15, 0.2) is 0 Å². The summed E-state index contributed by atoms with van der Waals surface area (Å²) in [5, 5.41) is 0. The van der Waals surface area contributed by atoms with Crippen molar-refractivity contribution in [1.29, 1.82) is 0 Å². The molecule has 2 nitrogen and oxygen atoms in total. The van der Waals surface area contributed by atoms with Crippen LogP contribution in [0.5, 0.6) is 0 Å². The van der Waals surface area contributed by atoms with Crippen molar-refractivity contribution in [3.8, 4) is 0 Å². The number of hydrogen-bond acceptors (Lipinski definition) is 1. The molecule has 1 aliphatic heterocycles. The molecule has 0 aromatic carbocycles. The highest BCUT2D eigenvalue weighted by molar-refractivity contribution is 6.08. The van der Waals surface area contributed by atoms with Crippen molar-refractivity contribution in [2.45, 2.75) is 32.6 Å². The van der Waals surface area contributed by atoms with Crippen molar-refractivity contribution in [2.24, 2.45) is 5.92 Å². The second kappa shape index (κ2) is 3.29. The van der Waals surface area contributed by atoms with Gasteiger partial charge in [0.1, 0.15) is 0 Å². The molecule has 3 heteroatoms. The smallest absolute Gasteiger partial charge is 0.223 e. The lowest BCUT2D eigenvalue weighted by molar-refractivity contribution is -0.128. The summed E-state index contributed by atoms with van der Waals surface area (Å²) in [6.07, 6.45) is 1.27. The fourth-order valence-corrected chi connectivity index (χ4v) is 1.56. The van der Waals surface area contributed by atoms with Gasteiger partial charge in [-0.3, -0.25) is 4.79 Å². The lowest BCUT2D eigenvalue weighted by atomic mass is 10.0. The third-order valence-electron chi connectivity index (χ3n) is 2.50. The average Bonchev–Trinajstić information content (AvgIpc) is 2.17. The Kier molecular flexibility index (Phi) is 2.58. The average molecular weight is 151 g/mol. The molecular weight excluding hydrogens is 137 g/mol. The Morgan fingerprint density at radius 1 is 1.64 bits per heavy atom. The summed E-state index contributed by atoms with van der Waals surface area (Å²) in [6, 6.07) is 0.381. The van der Waals surface area contributed by atoms with Gasteiger partial charge in [-0.25, -0.2) is 0 Å². The molecule has 0 spiro atoms. The van der Waals surface area contributed by atoms with Crippen molar-refractivity contribution < 1.29 is 4.79 Å². The Morgan fingerprint density at radius 3 is 2.64 bits per heavy atom. The molecule has 0 bridgehead atoms. The van der Waals surface area contributed by atoms with Gasteiger partial charge >= 0.3 is 0 Å². The molecule has 0 saturated carbocycles. The predicted octanol–water partition coefficient (Wildman–Crippen LogP) is 0.830. The van der Waals surface area contributed by atoms with Crippen LogP contribution in [0, 0.1) is 5.92 Å². The highest BCUT2D eigenvalue weighted by Crippen LogP contribution is 2.24. The zero-order valence-corrected chi connectivity index (χ0v) is 7.21. The minimum absolute atomic E-state index is 0.260. The Balaban J connectivity index is 2.56. The highest BCUT2D eigenvalue weighted by Gasteiger charge is 2.32. The van der Waals surface area contributed by atoms with Gasteiger partial charge in [-0.1, -0.05) is 13.2 Å². The van der Waals surface area contributed by atoms with E-state index < -0.39 is 0 Å². The van der Waals surface area contributed by atoms with Crippen LogP contribution in [0.25, 0.3) is 0 Å². The molecule has 1 heterocycles. The summed E-state index contributed by atoms with van der Waals surface area (Å²) in [4.78, 5) is 13.1. The first-order valence-electron chi connectivity index (χ1n) is 4.16. The molecule has 0 aromatic heterocycles. The SMILES string of the molecule is [B]CCN1C(=O)CC(C)C1C. The number of amides is 1. The van der Waals surface area contributed by atoms with E-state index in [1.54, 1.807) is 0 Å². The Morgan fingerprint density at radius 2 is 2.27 bits per heavy atom. The molecule has 0 aromatic rings. The number of hydrogen-bond donors (Lipinski definition) is 0. The van der Waals surface area contributed by atoms with Crippen molar-refractivity contribution in [1.82, 2.24) is 4.90 Å². The monoisotopic (exact) mass is 151 g/mol. The summed E-state index contributed by atoms with van der Waals surface area (Å²) >= 11 is 0. The van der Waals surface area contributed by atoms with Gasteiger partial charge in [-0.2, -0.15) is 0 Å². The molecule has 2 atom stereocenters. The maximum absolute atomic E-state index is 11.3. The standard InChI is InChI=1S/C8H14BNO/c1-6-5-8(11)10(4-3-9)7(6)2/h6-7H,3-5H2,1-2H3. The summed E-state index contributed by atoms with van der Waals surface area (Å²) < 4.78 is 0. The fraction of sp³-hybridized carbons (Fsp3) is 0.875. The van der Waals surface area contributed by atoms with E-state index in [0.717, 1.165) is 0 Å². The zero-order chi connectivity index (χ0) is 8.43. The van der Waals surface area contributed by atoms with Crippen LogP contribution in [0.2, 0.25) is 6.32 Å². The second-order valence-corrected chi connectivity index (χ2v) is 3.30. The zero-order valence-electron chi connectivity index (χ0n) is 7.21. The van der Waals surface area contributed by atoms with Crippen LogP contribution < -0.4 is 0 Å². The van der Waals surface area contributed by atoms with E-state index in [1.807, 2.05) is 4.90 Å². The lowest BCUT2D eigenvalue weighted by Gasteiger charge is -2.22. The summed E-state index contributed by atoms with van der Waals surface area (Å²) in [5.41, 5.74) is 0. The normalized spacial score (nSPS) is 31.5. The van der Waals surface area contributed by atoms with Crippen LogP contribution >= 0.6 is 0 Å².